The molecule has 0 aliphatic carbocycles. The predicted octanol–water partition coefficient (Wildman–Crippen LogP) is 2.22. The van der Waals surface area contributed by atoms with Gasteiger partial charge in [0.25, 0.3) is 11.8 Å². The first kappa shape index (κ1) is 28.1. The Morgan fingerprint density at radius 1 is 1.05 bits per heavy atom. The van der Waals surface area contributed by atoms with Crippen molar-refractivity contribution >= 4 is 29.2 Å². The van der Waals surface area contributed by atoms with Crippen LogP contribution in [0.15, 0.2) is 24.3 Å². The summed E-state index contributed by atoms with van der Waals surface area (Å²) < 4.78 is 0. The van der Waals surface area contributed by atoms with Crippen LogP contribution in [-0.4, -0.2) is 89.3 Å². The molecule has 3 heterocycles. The number of Topliss-reactive ketones (excluding diaryl/α,β-unsaturated/α-hetero) is 1. The van der Waals surface area contributed by atoms with E-state index in [9.17, 15) is 24.3 Å². The molecular formula is C29H42N4O5. The van der Waals surface area contributed by atoms with Gasteiger partial charge in [0.05, 0.1) is 12.6 Å². The molecule has 3 amide bonds. The van der Waals surface area contributed by atoms with Crippen LogP contribution in [0.3, 0.4) is 0 Å². The van der Waals surface area contributed by atoms with E-state index in [1.807, 2.05) is 31.2 Å². The molecule has 208 valence electrons. The van der Waals surface area contributed by atoms with Crippen molar-refractivity contribution in [1.82, 2.24) is 15.1 Å². The quantitative estimate of drug-likeness (QED) is 0.538. The summed E-state index contributed by atoms with van der Waals surface area (Å²) in [6.07, 6.45) is 2.66. The highest BCUT2D eigenvalue weighted by molar-refractivity contribution is 5.98. The molecule has 1 aromatic carbocycles. The van der Waals surface area contributed by atoms with Crippen LogP contribution in [0.4, 0.5) is 5.69 Å². The van der Waals surface area contributed by atoms with Gasteiger partial charge in [0.15, 0.2) is 5.78 Å². The Balaban J connectivity index is 1.23. The van der Waals surface area contributed by atoms with E-state index in [1.165, 1.54) is 17.7 Å². The molecule has 0 aromatic heterocycles. The summed E-state index contributed by atoms with van der Waals surface area (Å²) in [5, 5.41) is 13.4. The molecule has 3 fully saturated rings. The monoisotopic (exact) mass is 526 g/mol. The summed E-state index contributed by atoms with van der Waals surface area (Å²) >= 11 is 0. The second kappa shape index (κ2) is 11.4. The number of nitrogens with zero attached hydrogens (tertiary/aromatic N) is 3. The molecule has 4 atom stereocenters. The highest BCUT2D eigenvalue weighted by atomic mass is 16.3. The Morgan fingerprint density at radius 3 is 2.34 bits per heavy atom. The molecule has 0 bridgehead atoms. The lowest BCUT2D eigenvalue weighted by molar-refractivity contribution is -0.147. The van der Waals surface area contributed by atoms with Gasteiger partial charge in [0.1, 0.15) is 12.1 Å². The number of nitrogens with one attached hydrogen (secondary N) is 1. The van der Waals surface area contributed by atoms with Gasteiger partial charge in [-0.2, -0.15) is 0 Å². The lowest BCUT2D eigenvalue weighted by atomic mass is 9.88. The number of aliphatic hydroxyl groups is 1. The van der Waals surface area contributed by atoms with Crippen molar-refractivity contribution in [2.24, 2.45) is 11.3 Å². The van der Waals surface area contributed by atoms with Gasteiger partial charge in [-0.15, -0.1) is 0 Å². The fourth-order valence-electron chi connectivity index (χ4n) is 5.77. The molecule has 3 saturated heterocycles. The number of amides is 3. The van der Waals surface area contributed by atoms with Crippen LogP contribution in [0, 0.1) is 11.3 Å². The van der Waals surface area contributed by atoms with Gasteiger partial charge in [-0.3, -0.25) is 19.2 Å². The van der Waals surface area contributed by atoms with Gasteiger partial charge >= 0.3 is 0 Å². The normalized spacial score (nSPS) is 23.0. The number of rotatable bonds is 8. The number of anilines is 1. The lowest BCUT2D eigenvalue weighted by Gasteiger charge is -2.31. The van der Waals surface area contributed by atoms with Gasteiger partial charge in [-0.05, 0) is 61.3 Å². The molecule has 1 aromatic rings. The molecular weight excluding hydrogens is 484 g/mol. The van der Waals surface area contributed by atoms with E-state index >= 15 is 0 Å². The average molecular weight is 527 g/mol. The predicted molar refractivity (Wildman–Crippen MR) is 145 cm³/mol. The summed E-state index contributed by atoms with van der Waals surface area (Å²) in [5.74, 6) is -0.796. The number of hydrogen-bond acceptors (Lipinski definition) is 6. The smallest absolute Gasteiger partial charge is 0.252 e. The minimum atomic E-state index is -1.20. The molecule has 4 unspecified atom stereocenters. The van der Waals surface area contributed by atoms with Crippen molar-refractivity contribution in [2.75, 3.05) is 37.6 Å². The van der Waals surface area contributed by atoms with E-state index in [-0.39, 0.29) is 42.5 Å². The van der Waals surface area contributed by atoms with Crippen molar-refractivity contribution in [2.45, 2.75) is 78.0 Å². The third-order valence-corrected chi connectivity index (χ3v) is 8.13. The Morgan fingerprint density at radius 2 is 1.71 bits per heavy atom. The summed E-state index contributed by atoms with van der Waals surface area (Å²) in [4.78, 5) is 56.7. The molecule has 0 spiro atoms. The topological polar surface area (TPSA) is 110 Å². The maximum Gasteiger partial charge on any atom is 0.252 e. The fraction of sp³-hybridized carbons (Fsp3) is 0.655. The zero-order valence-electron chi connectivity index (χ0n) is 23.1. The third-order valence-electron chi connectivity index (χ3n) is 8.13. The molecule has 3 aliphatic heterocycles. The SMILES string of the molecule is CC(CCNC(=O)c1ccc(N2CCCC2)cc1)CC(=O)N1CCC2C1C(=O)CN2C(=O)C(O)C(C)(C)C. The fourth-order valence-corrected chi connectivity index (χ4v) is 5.77. The van der Waals surface area contributed by atoms with E-state index in [2.05, 4.69) is 10.2 Å². The number of carbonyl (C=O) groups excluding carboxylic acids is 4. The van der Waals surface area contributed by atoms with Crippen LogP contribution < -0.4 is 10.2 Å². The number of aliphatic hydroxyl groups excluding tert-OH is 1. The zero-order valence-corrected chi connectivity index (χ0v) is 23.1. The number of likely N-dealkylation sites (tertiary alicyclic amines) is 2. The molecule has 38 heavy (non-hydrogen) atoms. The highest BCUT2D eigenvalue weighted by Gasteiger charge is 2.52. The molecule has 9 heteroatoms. The molecule has 0 saturated carbocycles. The standard InChI is InChI=1S/C29H42N4O5/c1-19(11-13-30-27(37)20-7-9-21(10-8-20)31-14-5-6-15-31)17-24(35)32-16-12-22-25(32)23(34)18-33(22)28(38)26(36)29(2,3)4/h7-10,19,22,25-26,36H,5-6,11-18H2,1-4H3,(H,30,37). The maximum atomic E-state index is 13.1. The Labute approximate surface area is 225 Å². The Hall–Kier alpha value is -2.94. The van der Waals surface area contributed by atoms with Crippen LogP contribution in [0.25, 0.3) is 0 Å². The second-order valence-electron chi connectivity index (χ2n) is 12.2. The first-order valence-electron chi connectivity index (χ1n) is 13.9. The summed E-state index contributed by atoms with van der Waals surface area (Å²) in [7, 11) is 0. The van der Waals surface area contributed by atoms with Crippen molar-refractivity contribution < 1.29 is 24.3 Å². The molecule has 2 N–H and O–H groups in total. The van der Waals surface area contributed by atoms with Crippen LogP contribution in [0.5, 0.6) is 0 Å². The molecule has 9 nitrogen and oxygen atoms in total. The number of benzene rings is 1. The van der Waals surface area contributed by atoms with E-state index in [0.29, 0.717) is 31.5 Å². The maximum absolute atomic E-state index is 13.1. The average Bonchev–Trinajstić information content (AvgIpc) is 3.61. The first-order chi connectivity index (χ1) is 18.0. The van der Waals surface area contributed by atoms with E-state index < -0.39 is 23.5 Å². The van der Waals surface area contributed by atoms with E-state index in [1.54, 1.807) is 25.7 Å². The molecule has 4 rings (SSSR count). The molecule has 0 radical (unpaired) electrons. The van der Waals surface area contributed by atoms with Gasteiger partial charge in [0.2, 0.25) is 5.91 Å². The lowest BCUT2D eigenvalue weighted by Crippen LogP contribution is -2.48. The summed E-state index contributed by atoms with van der Waals surface area (Å²) in [6, 6.07) is 6.69. The van der Waals surface area contributed by atoms with Gasteiger partial charge in [-0.1, -0.05) is 27.7 Å². The number of carbonyl (C=O) groups is 4. The van der Waals surface area contributed by atoms with Crippen molar-refractivity contribution in [1.29, 1.82) is 0 Å². The first-order valence-corrected chi connectivity index (χ1v) is 13.9. The van der Waals surface area contributed by atoms with Crippen LogP contribution in [0.2, 0.25) is 0 Å². The van der Waals surface area contributed by atoms with Crippen LogP contribution >= 0.6 is 0 Å². The van der Waals surface area contributed by atoms with E-state index in [0.717, 1.165) is 18.8 Å². The second-order valence-corrected chi connectivity index (χ2v) is 12.2. The minimum Gasteiger partial charge on any atom is -0.383 e. The van der Waals surface area contributed by atoms with Gasteiger partial charge < -0.3 is 25.1 Å². The Bertz CT molecular complexity index is 1040. The van der Waals surface area contributed by atoms with Gasteiger partial charge in [-0.25, -0.2) is 0 Å². The van der Waals surface area contributed by atoms with Crippen molar-refractivity contribution in [3.8, 4) is 0 Å². The third kappa shape index (κ3) is 6.03. The number of fused-ring (bicyclic) bond motifs is 1. The van der Waals surface area contributed by atoms with Crippen molar-refractivity contribution in [3.63, 3.8) is 0 Å². The summed E-state index contributed by atoms with van der Waals surface area (Å²) in [5.41, 5.74) is 1.14. The van der Waals surface area contributed by atoms with Crippen LogP contribution in [0.1, 0.15) is 70.2 Å². The highest BCUT2D eigenvalue weighted by Crippen LogP contribution is 2.33. The Kier molecular flexibility index (Phi) is 8.45. The van der Waals surface area contributed by atoms with Crippen LogP contribution in [-0.2, 0) is 14.4 Å². The summed E-state index contributed by atoms with van der Waals surface area (Å²) in [6.45, 7) is 10.3. The van der Waals surface area contributed by atoms with E-state index in [4.69, 9.17) is 0 Å². The minimum absolute atomic E-state index is 0.0244. The van der Waals surface area contributed by atoms with Crippen molar-refractivity contribution in [3.05, 3.63) is 29.8 Å². The van der Waals surface area contributed by atoms with Gasteiger partial charge in [0, 0.05) is 43.9 Å². The molecule has 3 aliphatic rings. The zero-order chi connectivity index (χ0) is 27.6. The number of hydrogen-bond donors (Lipinski definition) is 2. The largest absolute Gasteiger partial charge is 0.383 e. The number of ketones is 1.